The standard InChI is InChI=1S/C30H29F9N4O5/c1-25(2,3)48-24(44)40-19-15-18(28(31,32)33)21-26(45,29(34,35)36)13-9-4-5-10-14-27(30(37,38)39,46-16-17-11-7-6-8-12-17)23-43-42-22(47-23)20(19)41-21/h4-8,11-12,15,45H,9-10,13-14,16H2,1-3H3,(H,40,44). The number of alkyl halides is 9. The summed E-state index contributed by atoms with van der Waals surface area (Å²) < 4.78 is 147. The molecule has 4 rings (SSSR count). The van der Waals surface area contributed by atoms with Gasteiger partial charge in [0.25, 0.3) is 11.8 Å². The van der Waals surface area contributed by atoms with Crippen LogP contribution in [-0.2, 0) is 33.5 Å². The van der Waals surface area contributed by atoms with Crippen molar-refractivity contribution >= 4 is 11.8 Å². The molecule has 1 aliphatic rings. The zero-order chi connectivity index (χ0) is 35.8. The first kappa shape index (κ1) is 36.6. The average molecular weight is 697 g/mol. The van der Waals surface area contributed by atoms with Gasteiger partial charge in [-0.25, -0.2) is 9.78 Å². The molecule has 4 bridgehead atoms. The molecular weight excluding hydrogens is 667 g/mol. The molecule has 3 aromatic rings. The van der Waals surface area contributed by atoms with Crippen molar-refractivity contribution in [1.29, 1.82) is 0 Å². The Morgan fingerprint density at radius 1 is 0.938 bits per heavy atom. The van der Waals surface area contributed by atoms with E-state index < -0.39 is 108 Å². The van der Waals surface area contributed by atoms with E-state index in [1.54, 1.807) is 18.2 Å². The highest BCUT2D eigenvalue weighted by atomic mass is 19.4. The van der Waals surface area contributed by atoms with Crippen molar-refractivity contribution in [1.82, 2.24) is 15.2 Å². The molecule has 3 heterocycles. The van der Waals surface area contributed by atoms with Crippen LogP contribution in [0.3, 0.4) is 0 Å². The number of ether oxygens (including phenoxy) is 2. The second kappa shape index (κ2) is 13.0. The summed E-state index contributed by atoms with van der Waals surface area (Å²) in [6, 6.07) is 7.71. The van der Waals surface area contributed by atoms with Gasteiger partial charge in [0, 0.05) is 0 Å². The van der Waals surface area contributed by atoms with E-state index in [0.717, 1.165) is 12.2 Å². The van der Waals surface area contributed by atoms with Gasteiger partial charge in [0.2, 0.25) is 11.2 Å². The number of nitrogens with zero attached hydrogens (tertiary/aromatic N) is 3. The number of pyridine rings is 1. The van der Waals surface area contributed by atoms with Crippen molar-refractivity contribution in [2.75, 3.05) is 5.32 Å². The summed E-state index contributed by atoms with van der Waals surface area (Å²) in [5.41, 5.74) is -14.6. The number of amides is 1. The highest BCUT2D eigenvalue weighted by Gasteiger charge is 2.62. The number of nitrogens with one attached hydrogen (secondary N) is 1. The lowest BCUT2D eigenvalue weighted by atomic mass is 9.88. The summed E-state index contributed by atoms with van der Waals surface area (Å²) in [7, 11) is 0. The first-order valence-electron chi connectivity index (χ1n) is 14.2. The van der Waals surface area contributed by atoms with Gasteiger partial charge in [-0.05, 0) is 58.1 Å². The number of aromatic nitrogens is 3. The van der Waals surface area contributed by atoms with Gasteiger partial charge in [0.05, 0.1) is 23.6 Å². The minimum Gasteiger partial charge on any atom is -0.444 e. The van der Waals surface area contributed by atoms with Gasteiger partial charge in [0.1, 0.15) is 5.60 Å². The van der Waals surface area contributed by atoms with Crippen LogP contribution in [0.4, 0.5) is 50.0 Å². The zero-order valence-corrected chi connectivity index (χ0v) is 25.5. The number of carbonyl (C=O) groups excluding carboxylic acids is 1. The SMILES string of the molecule is CC(C)(C)OC(=O)Nc1cc(C(F)(F)F)c2nc1-c1nnc(o1)C(OCc1ccccc1)(C(F)(F)F)CCC=CCCC2(O)C(F)(F)F. The molecule has 262 valence electrons. The lowest BCUT2D eigenvalue weighted by molar-refractivity contribution is -0.299. The number of hydrogen-bond acceptors (Lipinski definition) is 8. The minimum absolute atomic E-state index is 0.0206. The van der Waals surface area contributed by atoms with Crippen LogP contribution in [0.25, 0.3) is 11.6 Å². The summed E-state index contributed by atoms with van der Waals surface area (Å²) in [6.07, 6.45) is -19.5. The summed E-state index contributed by atoms with van der Waals surface area (Å²) >= 11 is 0. The van der Waals surface area contributed by atoms with E-state index in [1.807, 2.05) is 5.32 Å². The van der Waals surface area contributed by atoms with Crippen LogP contribution in [0.2, 0.25) is 0 Å². The van der Waals surface area contributed by atoms with Crippen LogP contribution in [0.15, 0.2) is 53.0 Å². The molecule has 0 spiro atoms. The van der Waals surface area contributed by atoms with Gasteiger partial charge in [-0.3, -0.25) is 5.32 Å². The summed E-state index contributed by atoms with van der Waals surface area (Å²) in [6.45, 7) is 3.57. The molecule has 0 saturated heterocycles. The third-order valence-corrected chi connectivity index (χ3v) is 7.09. The first-order chi connectivity index (χ1) is 22.1. The Balaban J connectivity index is 2.02. The number of hydrogen-bond donors (Lipinski definition) is 2. The summed E-state index contributed by atoms with van der Waals surface area (Å²) in [4.78, 5) is 16.1. The average Bonchev–Trinajstić information content (AvgIpc) is 3.44. The number of allylic oxidation sites excluding steroid dienone is 2. The Labute approximate surface area is 267 Å². The highest BCUT2D eigenvalue weighted by Crippen LogP contribution is 2.50. The Hall–Kier alpha value is -4.19. The van der Waals surface area contributed by atoms with Gasteiger partial charge in [0.15, 0.2) is 5.69 Å². The number of aliphatic hydroxyl groups is 1. The van der Waals surface area contributed by atoms with E-state index in [9.17, 15) is 49.4 Å². The van der Waals surface area contributed by atoms with E-state index in [0.29, 0.717) is 5.56 Å². The lowest BCUT2D eigenvalue weighted by Gasteiger charge is -2.33. The maximum Gasteiger partial charge on any atom is 0.426 e. The van der Waals surface area contributed by atoms with Crippen molar-refractivity contribution in [3.8, 4) is 11.6 Å². The maximum absolute atomic E-state index is 14.9. The number of benzene rings is 1. The van der Waals surface area contributed by atoms with Crippen molar-refractivity contribution in [3.63, 3.8) is 0 Å². The van der Waals surface area contributed by atoms with Crippen LogP contribution in [0.1, 0.15) is 69.2 Å². The molecule has 0 fully saturated rings. The van der Waals surface area contributed by atoms with Gasteiger partial charge in [-0.1, -0.05) is 42.5 Å². The molecule has 2 N–H and O–H groups in total. The fourth-order valence-electron chi connectivity index (χ4n) is 4.77. The van der Waals surface area contributed by atoms with Gasteiger partial charge in [-0.2, -0.15) is 39.5 Å². The third kappa shape index (κ3) is 7.75. The highest BCUT2D eigenvalue weighted by molar-refractivity contribution is 5.89. The topological polar surface area (TPSA) is 120 Å². The normalized spacial score (nSPS) is 21.0. The minimum atomic E-state index is -5.74. The second-order valence-electron chi connectivity index (χ2n) is 11.8. The van der Waals surface area contributed by atoms with Crippen molar-refractivity contribution in [2.24, 2.45) is 0 Å². The molecule has 18 heteroatoms. The molecule has 48 heavy (non-hydrogen) atoms. The molecule has 0 saturated carbocycles. The van der Waals surface area contributed by atoms with Crippen molar-refractivity contribution in [2.45, 2.75) is 88.4 Å². The largest absolute Gasteiger partial charge is 0.444 e. The molecule has 1 aromatic carbocycles. The van der Waals surface area contributed by atoms with Gasteiger partial charge >= 0.3 is 24.6 Å². The summed E-state index contributed by atoms with van der Waals surface area (Å²) in [5, 5.41) is 19.7. The Bertz CT molecular complexity index is 1630. The number of rotatable bonds is 4. The van der Waals surface area contributed by atoms with Crippen LogP contribution in [0.5, 0.6) is 0 Å². The number of anilines is 1. The molecule has 2 aromatic heterocycles. The quantitative estimate of drug-likeness (QED) is 0.206. The molecule has 0 radical (unpaired) electrons. The number of carbonyl (C=O) groups is 1. The first-order valence-corrected chi connectivity index (χ1v) is 14.2. The van der Waals surface area contributed by atoms with E-state index in [1.165, 1.54) is 32.9 Å². The Kier molecular flexibility index (Phi) is 9.94. The Morgan fingerprint density at radius 3 is 2.12 bits per heavy atom. The predicted octanol–water partition coefficient (Wildman–Crippen LogP) is 8.35. The van der Waals surface area contributed by atoms with Crippen molar-refractivity contribution < 1.29 is 63.3 Å². The molecule has 9 nitrogen and oxygen atoms in total. The molecule has 2 unspecified atom stereocenters. The molecule has 2 atom stereocenters. The van der Waals surface area contributed by atoms with Crippen LogP contribution in [0, 0.1) is 0 Å². The van der Waals surface area contributed by atoms with E-state index >= 15 is 0 Å². The third-order valence-electron chi connectivity index (χ3n) is 7.09. The molecule has 1 aliphatic heterocycles. The van der Waals surface area contributed by atoms with Crippen LogP contribution in [-0.4, -0.2) is 44.3 Å². The van der Waals surface area contributed by atoms with E-state index in [-0.39, 0.29) is 6.07 Å². The fraction of sp³-hybridized carbons (Fsp3) is 0.467. The van der Waals surface area contributed by atoms with Crippen molar-refractivity contribution in [3.05, 3.63) is 71.3 Å². The van der Waals surface area contributed by atoms with Crippen LogP contribution >= 0.6 is 0 Å². The number of fused-ring (bicyclic) bond motifs is 5. The molecule has 1 amide bonds. The monoisotopic (exact) mass is 696 g/mol. The molecular formula is C30H29F9N4O5. The predicted molar refractivity (Wildman–Crippen MR) is 149 cm³/mol. The summed E-state index contributed by atoms with van der Waals surface area (Å²) in [5.74, 6) is -2.37. The second-order valence-corrected chi connectivity index (χ2v) is 11.8. The fourth-order valence-corrected chi connectivity index (χ4v) is 4.77. The van der Waals surface area contributed by atoms with Gasteiger partial charge < -0.3 is 19.0 Å². The molecule has 0 aliphatic carbocycles. The van der Waals surface area contributed by atoms with E-state index in [2.05, 4.69) is 15.2 Å². The van der Waals surface area contributed by atoms with Crippen LogP contribution < -0.4 is 5.32 Å². The Morgan fingerprint density at radius 2 is 1.56 bits per heavy atom. The van der Waals surface area contributed by atoms with E-state index in [4.69, 9.17) is 13.9 Å². The maximum atomic E-state index is 14.9. The van der Waals surface area contributed by atoms with Gasteiger partial charge in [-0.15, -0.1) is 10.2 Å². The number of halogens is 9. The lowest BCUT2D eigenvalue weighted by Crippen LogP contribution is -2.45. The smallest absolute Gasteiger partial charge is 0.426 e. The zero-order valence-electron chi connectivity index (χ0n) is 25.5.